The van der Waals surface area contributed by atoms with Crippen molar-refractivity contribution in [3.05, 3.63) is 36.2 Å². The first-order chi connectivity index (χ1) is 6.88. The fraction of sp³-hybridized carbons (Fsp3) is 0.100. The van der Waals surface area contributed by atoms with Crippen molar-refractivity contribution in [1.82, 2.24) is 9.38 Å². The van der Waals surface area contributed by atoms with E-state index < -0.39 is 0 Å². The third kappa shape index (κ3) is 1.07. The molecule has 0 aliphatic heterocycles. The lowest BCUT2D eigenvalue weighted by atomic mass is 10.2. The number of thiol groups is 1. The van der Waals surface area contributed by atoms with Crippen molar-refractivity contribution in [3.63, 3.8) is 0 Å². The number of nitrogens with zero attached hydrogens (tertiary/aromatic N) is 2. The molecule has 0 spiro atoms. The van der Waals surface area contributed by atoms with Gasteiger partial charge in [-0.15, -0.1) is 0 Å². The minimum absolute atomic E-state index is 0.788. The molecule has 14 heavy (non-hydrogen) atoms. The quantitative estimate of drug-likeness (QED) is 0.624. The highest BCUT2D eigenvalue weighted by Gasteiger charge is 2.04. The van der Waals surface area contributed by atoms with Crippen LogP contribution < -0.4 is 0 Å². The first kappa shape index (κ1) is 8.32. The van der Waals surface area contributed by atoms with Gasteiger partial charge >= 0.3 is 0 Å². The molecule has 0 fully saturated rings. The van der Waals surface area contributed by atoms with Crippen molar-refractivity contribution < 1.29 is 0 Å². The van der Waals surface area contributed by atoms with Crippen LogP contribution in [0.4, 0.5) is 0 Å². The van der Waals surface area contributed by atoms with E-state index in [2.05, 4.69) is 40.2 Å². The van der Waals surface area contributed by atoms with Crippen molar-refractivity contribution in [2.75, 3.05) is 0 Å². The SMILES string of the molecule is SCc1ccc2c(c1)sc1nccn12. The summed E-state index contributed by atoms with van der Waals surface area (Å²) < 4.78 is 3.39. The van der Waals surface area contributed by atoms with Crippen LogP contribution in [0.1, 0.15) is 5.56 Å². The largest absolute Gasteiger partial charge is 0.290 e. The molecule has 0 radical (unpaired) electrons. The zero-order valence-corrected chi connectivity index (χ0v) is 9.05. The Morgan fingerprint density at radius 3 is 3.21 bits per heavy atom. The Morgan fingerprint density at radius 2 is 2.36 bits per heavy atom. The molecule has 0 amide bonds. The summed E-state index contributed by atoms with van der Waals surface area (Å²) in [6.45, 7) is 0. The summed E-state index contributed by atoms with van der Waals surface area (Å²) in [6, 6.07) is 6.43. The molecule has 0 bridgehead atoms. The molecule has 1 aromatic carbocycles. The van der Waals surface area contributed by atoms with Crippen molar-refractivity contribution in [2.45, 2.75) is 5.75 Å². The minimum atomic E-state index is 0.788. The van der Waals surface area contributed by atoms with Crippen LogP contribution in [-0.4, -0.2) is 9.38 Å². The second-order valence-corrected chi connectivity index (χ2v) is 4.47. The van der Waals surface area contributed by atoms with Crippen molar-refractivity contribution in [1.29, 1.82) is 0 Å². The fourth-order valence-corrected chi connectivity index (χ4v) is 2.83. The highest BCUT2D eigenvalue weighted by molar-refractivity contribution is 7.79. The van der Waals surface area contributed by atoms with Gasteiger partial charge in [0.1, 0.15) is 0 Å². The van der Waals surface area contributed by atoms with Gasteiger partial charge in [0.2, 0.25) is 0 Å². The molecule has 0 saturated heterocycles. The normalized spacial score (nSPS) is 11.5. The lowest BCUT2D eigenvalue weighted by Gasteiger charge is -1.95. The highest BCUT2D eigenvalue weighted by atomic mass is 32.1. The maximum atomic E-state index is 4.27. The summed E-state index contributed by atoms with van der Waals surface area (Å²) in [4.78, 5) is 5.33. The van der Waals surface area contributed by atoms with Crippen LogP contribution in [0.15, 0.2) is 30.6 Å². The van der Waals surface area contributed by atoms with E-state index in [1.165, 1.54) is 15.8 Å². The van der Waals surface area contributed by atoms with E-state index in [-0.39, 0.29) is 0 Å². The third-order valence-electron chi connectivity index (χ3n) is 2.27. The number of thiazole rings is 1. The minimum Gasteiger partial charge on any atom is -0.290 e. The van der Waals surface area contributed by atoms with Crippen LogP contribution in [0.25, 0.3) is 15.2 Å². The Kier molecular flexibility index (Phi) is 1.78. The van der Waals surface area contributed by atoms with Gasteiger partial charge in [-0.1, -0.05) is 17.4 Å². The van der Waals surface area contributed by atoms with Gasteiger partial charge in [-0.05, 0) is 17.7 Å². The average molecular weight is 220 g/mol. The van der Waals surface area contributed by atoms with Crippen molar-refractivity contribution in [3.8, 4) is 0 Å². The lowest BCUT2D eigenvalue weighted by molar-refractivity contribution is 1.29. The molecule has 0 saturated carbocycles. The number of hydrogen-bond acceptors (Lipinski definition) is 3. The molecular formula is C10H8N2S2. The van der Waals surface area contributed by atoms with Gasteiger partial charge in [-0.3, -0.25) is 4.40 Å². The number of rotatable bonds is 1. The molecule has 0 N–H and O–H groups in total. The molecule has 0 unspecified atom stereocenters. The van der Waals surface area contributed by atoms with Gasteiger partial charge < -0.3 is 0 Å². The first-order valence-electron chi connectivity index (χ1n) is 4.34. The van der Waals surface area contributed by atoms with Gasteiger partial charge in [0.05, 0.1) is 10.2 Å². The van der Waals surface area contributed by atoms with Crippen LogP contribution in [0.3, 0.4) is 0 Å². The van der Waals surface area contributed by atoms with Gasteiger partial charge in [0.25, 0.3) is 0 Å². The Hall–Kier alpha value is -1.00. The summed E-state index contributed by atoms with van der Waals surface area (Å²) in [6.07, 6.45) is 3.83. The molecule has 4 heteroatoms. The smallest absolute Gasteiger partial charge is 0.194 e. The summed E-state index contributed by atoms with van der Waals surface area (Å²) in [5.41, 5.74) is 2.48. The summed E-state index contributed by atoms with van der Waals surface area (Å²) in [7, 11) is 0. The van der Waals surface area contributed by atoms with Crippen molar-refractivity contribution >= 4 is 39.1 Å². The van der Waals surface area contributed by atoms with Gasteiger partial charge in [-0.2, -0.15) is 12.6 Å². The Morgan fingerprint density at radius 1 is 1.43 bits per heavy atom. The number of fused-ring (bicyclic) bond motifs is 3. The van der Waals surface area contributed by atoms with Gasteiger partial charge in [0, 0.05) is 18.1 Å². The van der Waals surface area contributed by atoms with E-state index in [4.69, 9.17) is 0 Å². The predicted octanol–water partition coefficient (Wildman–Crippen LogP) is 2.98. The van der Waals surface area contributed by atoms with Crippen LogP contribution in [-0.2, 0) is 5.75 Å². The summed E-state index contributed by atoms with van der Waals surface area (Å²) >= 11 is 5.98. The monoisotopic (exact) mass is 220 g/mol. The molecule has 2 aromatic heterocycles. The fourth-order valence-electron chi connectivity index (χ4n) is 1.58. The van der Waals surface area contributed by atoms with Crippen LogP contribution in [0, 0.1) is 0 Å². The predicted molar refractivity (Wildman–Crippen MR) is 63.3 cm³/mol. The third-order valence-corrected chi connectivity index (χ3v) is 3.67. The number of aromatic nitrogens is 2. The summed E-state index contributed by atoms with van der Waals surface area (Å²) in [5, 5.41) is 0. The standard InChI is InChI=1S/C10H8N2S2/c13-6-7-1-2-8-9(5-7)14-10-11-3-4-12(8)10/h1-5,13H,6H2. The Bertz CT molecular complexity index is 594. The average Bonchev–Trinajstić information content (AvgIpc) is 2.75. The molecule has 2 heterocycles. The lowest BCUT2D eigenvalue weighted by Crippen LogP contribution is -1.79. The second kappa shape index (κ2) is 3.00. The van der Waals surface area contributed by atoms with Gasteiger partial charge in [-0.25, -0.2) is 4.98 Å². The van der Waals surface area contributed by atoms with E-state index in [0.29, 0.717) is 0 Å². The first-order valence-corrected chi connectivity index (χ1v) is 5.79. The van der Waals surface area contributed by atoms with E-state index in [9.17, 15) is 0 Å². The number of benzene rings is 1. The van der Waals surface area contributed by atoms with E-state index in [1.807, 2.05) is 12.4 Å². The molecule has 70 valence electrons. The molecule has 3 aromatic rings. The number of hydrogen-bond donors (Lipinski definition) is 1. The second-order valence-electron chi connectivity index (χ2n) is 3.14. The zero-order valence-electron chi connectivity index (χ0n) is 7.34. The molecule has 3 rings (SSSR count). The van der Waals surface area contributed by atoms with Gasteiger partial charge in [0.15, 0.2) is 4.96 Å². The zero-order chi connectivity index (χ0) is 9.54. The molecule has 0 atom stereocenters. The molecule has 0 aliphatic carbocycles. The molecule has 2 nitrogen and oxygen atoms in total. The Balaban J connectivity index is 2.43. The van der Waals surface area contributed by atoms with Crippen molar-refractivity contribution in [2.24, 2.45) is 0 Å². The van der Waals surface area contributed by atoms with E-state index in [1.54, 1.807) is 11.3 Å². The molecular weight excluding hydrogens is 212 g/mol. The molecule has 0 aliphatic rings. The Labute approximate surface area is 90.6 Å². The van der Waals surface area contributed by atoms with E-state index >= 15 is 0 Å². The van der Waals surface area contributed by atoms with Crippen LogP contribution in [0.2, 0.25) is 0 Å². The highest BCUT2D eigenvalue weighted by Crippen LogP contribution is 2.26. The topological polar surface area (TPSA) is 17.3 Å². The maximum Gasteiger partial charge on any atom is 0.194 e. The van der Waals surface area contributed by atoms with Crippen LogP contribution in [0.5, 0.6) is 0 Å². The van der Waals surface area contributed by atoms with Crippen LogP contribution >= 0.6 is 24.0 Å². The number of imidazole rings is 1. The maximum absolute atomic E-state index is 4.27. The summed E-state index contributed by atoms with van der Waals surface area (Å²) in [5.74, 6) is 0.788. The van der Waals surface area contributed by atoms with E-state index in [0.717, 1.165) is 10.7 Å².